The fourth-order valence-electron chi connectivity index (χ4n) is 2.69. The lowest BCUT2D eigenvalue weighted by Gasteiger charge is -2.21. The number of nitrogens with one attached hydrogen (secondary N) is 1. The van der Waals surface area contributed by atoms with E-state index in [1.54, 1.807) is 0 Å². The van der Waals surface area contributed by atoms with Gasteiger partial charge >= 0.3 is 0 Å². The molecule has 3 rings (SSSR count). The van der Waals surface area contributed by atoms with Crippen LogP contribution < -0.4 is 10.2 Å². The van der Waals surface area contributed by atoms with E-state index in [4.69, 9.17) is 0 Å². The first-order valence-corrected chi connectivity index (χ1v) is 8.52. The Morgan fingerprint density at radius 3 is 2.15 bits per heavy atom. The SMILES string of the molecule is CCN(CC)c1cc(-c2ccccc2)nc(Nc2c(F)cccc2F)n1. The molecule has 0 aliphatic heterocycles. The summed E-state index contributed by atoms with van der Waals surface area (Å²) in [7, 11) is 0. The van der Waals surface area contributed by atoms with Crippen molar-refractivity contribution < 1.29 is 8.78 Å². The number of anilines is 3. The maximum Gasteiger partial charge on any atom is 0.229 e. The molecule has 0 fully saturated rings. The number of rotatable bonds is 6. The summed E-state index contributed by atoms with van der Waals surface area (Å²) in [4.78, 5) is 11.0. The van der Waals surface area contributed by atoms with Crippen molar-refractivity contribution in [2.45, 2.75) is 13.8 Å². The van der Waals surface area contributed by atoms with Crippen molar-refractivity contribution in [3.05, 3.63) is 66.2 Å². The first kappa shape index (κ1) is 17.8. The summed E-state index contributed by atoms with van der Waals surface area (Å²) in [5, 5.41) is 2.70. The number of benzene rings is 2. The summed E-state index contributed by atoms with van der Waals surface area (Å²) in [5.74, 6) is -0.536. The van der Waals surface area contributed by atoms with Crippen LogP contribution >= 0.6 is 0 Å². The number of hydrogen-bond acceptors (Lipinski definition) is 4. The Bertz CT molecular complexity index is 860. The lowest BCUT2D eigenvalue weighted by molar-refractivity contribution is 0.590. The molecule has 26 heavy (non-hydrogen) atoms. The summed E-state index contributed by atoms with van der Waals surface area (Å²) >= 11 is 0. The van der Waals surface area contributed by atoms with E-state index in [1.165, 1.54) is 18.2 Å². The van der Waals surface area contributed by atoms with Gasteiger partial charge in [-0.2, -0.15) is 4.98 Å². The first-order chi connectivity index (χ1) is 12.6. The molecule has 2 aromatic carbocycles. The van der Waals surface area contributed by atoms with E-state index in [1.807, 2.05) is 50.2 Å². The van der Waals surface area contributed by atoms with Gasteiger partial charge in [0.2, 0.25) is 5.95 Å². The normalized spacial score (nSPS) is 10.6. The Balaban J connectivity index is 2.08. The topological polar surface area (TPSA) is 41.1 Å². The largest absolute Gasteiger partial charge is 0.357 e. The molecule has 0 amide bonds. The first-order valence-electron chi connectivity index (χ1n) is 8.52. The molecule has 6 heteroatoms. The van der Waals surface area contributed by atoms with Crippen LogP contribution in [0.2, 0.25) is 0 Å². The summed E-state index contributed by atoms with van der Waals surface area (Å²) in [6.45, 7) is 5.57. The van der Waals surface area contributed by atoms with Crippen molar-refractivity contribution >= 4 is 17.5 Å². The van der Waals surface area contributed by atoms with Gasteiger partial charge in [-0.1, -0.05) is 36.4 Å². The van der Waals surface area contributed by atoms with Crippen LogP contribution in [0.4, 0.5) is 26.2 Å². The minimum atomic E-state index is -0.692. The predicted octanol–water partition coefficient (Wildman–Crippen LogP) is 5.01. The Kier molecular flexibility index (Phi) is 5.41. The lowest BCUT2D eigenvalue weighted by Crippen LogP contribution is -2.23. The van der Waals surface area contributed by atoms with E-state index in [9.17, 15) is 8.78 Å². The van der Waals surface area contributed by atoms with Crippen LogP contribution in [0.5, 0.6) is 0 Å². The quantitative estimate of drug-likeness (QED) is 0.675. The van der Waals surface area contributed by atoms with Crippen LogP contribution in [-0.2, 0) is 0 Å². The van der Waals surface area contributed by atoms with Gasteiger partial charge in [-0.15, -0.1) is 0 Å². The molecular formula is C20H20F2N4. The van der Waals surface area contributed by atoms with E-state index >= 15 is 0 Å². The number of hydrogen-bond donors (Lipinski definition) is 1. The molecule has 1 N–H and O–H groups in total. The molecule has 0 saturated heterocycles. The monoisotopic (exact) mass is 354 g/mol. The predicted molar refractivity (Wildman–Crippen MR) is 101 cm³/mol. The van der Waals surface area contributed by atoms with Gasteiger partial charge in [0.15, 0.2) is 0 Å². The second-order valence-electron chi connectivity index (χ2n) is 5.69. The minimum absolute atomic E-state index is 0.150. The average molecular weight is 354 g/mol. The van der Waals surface area contributed by atoms with Crippen molar-refractivity contribution in [3.8, 4) is 11.3 Å². The van der Waals surface area contributed by atoms with Gasteiger partial charge in [0.05, 0.1) is 5.69 Å². The molecule has 0 bridgehead atoms. The molecular weight excluding hydrogens is 334 g/mol. The third kappa shape index (κ3) is 3.79. The van der Waals surface area contributed by atoms with Crippen molar-refractivity contribution in [1.82, 2.24) is 9.97 Å². The van der Waals surface area contributed by atoms with Gasteiger partial charge < -0.3 is 10.2 Å². The van der Waals surface area contributed by atoms with Crippen LogP contribution in [0, 0.1) is 11.6 Å². The number of aromatic nitrogens is 2. The average Bonchev–Trinajstić information content (AvgIpc) is 2.66. The smallest absolute Gasteiger partial charge is 0.229 e. The standard InChI is InChI=1S/C20H20F2N4/c1-3-26(4-2)18-13-17(14-9-6-5-7-10-14)23-20(24-18)25-19-15(21)11-8-12-16(19)22/h5-13H,3-4H2,1-2H3,(H,23,24,25). The third-order valence-electron chi connectivity index (χ3n) is 4.07. The molecule has 0 saturated carbocycles. The summed E-state index contributed by atoms with van der Waals surface area (Å²) in [5.41, 5.74) is 1.32. The summed E-state index contributed by atoms with van der Waals surface area (Å²) in [6, 6.07) is 15.2. The van der Waals surface area contributed by atoms with Crippen LogP contribution in [0.1, 0.15) is 13.8 Å². The van der Waals surface area contributed by atoms with E-state index in [0.717, 1.165) is 18.7 Å². The van der Waals surface area contributed by atoms with Crippen LogP contribution in [0.25, 0.3) is 11.3 Å². The molecule has 1 aromatic heterocycles. The minimum Gasteiger partial charge on any atom is -0.357 e. The van der Waals surface area contributed by atoms with E-state index in [-0.39, 0.29) is 11.6 Å². The van der Waals surface area contributed by atoms with Gasteiger partial charge in [-0.25, -0.2) is 13.8 Å². The second kappa shape index (κ2) is 7.91. The molecule has 3 aromatic rings. The lowest BCUT2D eigenvalue weighted by atomic mass is 10.1. The highest BCUT2D eigenvalue weighted by molar-refractivity contribution is 5.66. The molecule has 0 atom stereocenters. The van der Waals surface area contributed by atoms with Crippen molar-refractivity contribution in [1.29, 1.82) is 0 Å². The van der Waals surface area contributed by atoms with Crippen LogP contribution in [-0.4, -0.2) is 23.1 Å². The van der Waals surface area contributed by atoms with Gasteiger partial charge in [0.1, 0.15) is 23.1 Å². The van der Waals surface area contributed by atoms with Crippen LogP contribution in [0.3, 0.4) is 0 Å². The summed E-state index contributed by atoms with van der Waals surface area (Å²) in [6.07, 6.45) is 0. The molecule has 0 aliphatic rings. The van der Waals surface area contributed by atoms with Crippen LogP contribution in [0.15, 0.2) is 54.6 Å². The molecule has 4 nitrogen and oxygen atoms in total. The van der Waals surface area contributed by atoms with Crippen molar-refractivity contribution in [2.24, 2.45) is 0 Å². The van der Waals surface area contributed by atoms with Gasteiger partial charge in [0, 0.05) is 24.7 Å². The van der Waals surface area contributed by atoms with E-state index < -0.39 is 11.6 Å². The number of nitrogens with zero attached hydrogens (tertiary/aromatic N) is 3. The Hall–Kier alpha value is -3.02. The molecule has 134 valence electrons. The van der Waals surface area contributed by atoms with Crippen molar-refractivity contribution in [3.63, 3.8) is 0 Å². The molecule has 1 heterocycles. The Morgan fingerprint density at radius 1 is 0.885 bits per heavy atom. The highest BCUT2D eigenvalue weighted by atomic mass is 19.1. The zero-order valence-corrected chi connectivity index (χ0v) is 14.7. The van der Waals surface area contributed by atoms with E-state index in [0.29, 0.717) is 11.5 Å². The summed E-state index contributed by atoms with van der Waals surface area (Å²) < 4.78 is 28.0. The molecule has 0 radical (unpaired) electrons. The Labute approximate surface area is 151 Å². The zero-order valence-electron chi connectivity index (χ0n) is 14.7. The third-order valence-corrected chi connectivity index (χ3v) is 4.07. The maximum atomic E-state index is 14.0. The highest BCUT2D eigenvalue weighted by Gasteiger charge is 2.14. The fourth-order valence-corrected chi connectivity index (χ4v) is 2.69. The Morgan fingerprint density at radius 2 is 1.54 bits per heavy atom. The number of halogens is 2. The van der Waals surface area contributed by atoms with Gasteiger partial charge in [0.25, 0.3) is 0 Å². The second-order valence-corrected chi connectivity index (χ2v) is 5.69. The number of para-hydroxylation sites is 1. The molecule has 0 spiro atoms. The fraction of sp³-hybridized carbons (Fsp3) is 0.200. The highest BCUT2D eigenvalue weighted by Crippen LogP contribution is 2.26. The van der Waals surface area contributed by atoms with Gasteiger partial charge in [-0.3, -0.25) is 0 Å². The molecule has 0 aliphatic carbocycles. The van der Waals surface area contributed by atoms with Gasteiger partial charge in [-0.05, 0) is 26.0 Å². The zero-order chi connectivity index (χ0) is 18.5. The maximum absolute atomic E-state index is 14.0. The molecule has 0 unspecified atom stereocenters. The van der Waals surface area contributed by atoms with E-state index in [2.05, 4.69) is 20.2 Å². The van der Waals surface area contributed by atoms with Crippen molar-refractivity contribution in [2.75, 3.05) is 23.3 Å².